The second kappa shape index (κ2) is 8.40. The fourth-order valence-electron chi connectivity index (χ4n) is 2.06. The molecule has 116 valence electrons. The molecule has 2 aromatic rings. The Hall–Kier alpha value is -3.06. The Morgan fingerprint density at radius 2 is 1.87 bits per heavy atom. The maximum Gasteiger partial charge on any atom is 0.262 e. The van der Waals surface area contributed by atoms with Crippen molar-refractivity contribution in [1.29, 1.82) is 5.26 Å². The highest BCUT2D eigenvalue weighted by molar-refractivity contribution is 6.01. The highest BCUT2D eigenvalue weighted by Gasteiger charge is 2.10. The van der Waals surface area contributed by atoms with Gasteiger partial charge in [-0.1, -0.05) is 48.5 Å². The van der Waals surface area contributed by atoms with Gasteiger partial charge in [0.1, 0.15) is 17.4 Å². The van der Waals surface area contributed by atoms with E-state index in [0.717, 1.165) is 5.56 Å². The number of rotatable bonds is 6. The lowest BCUT2D eigenvalue weighted by Gasteiger charge is -2.08. The average Bonchev–Trinajstić information content (AvgIpc) is 2.60. The summed E-state index contributed by atoms with van der Waals surface area (Å²) in [5.74, 6) is 0.251. The Balaban J connectivity index is 2.12. The SMILES string of the molecule is CCOc1ccccc1/C=C(\C#N)C(=O)NCc1ccccc1. The highest BCUT2D eigenvalue weighted by Crippen LogP contribution is 2.21. The molecule has 0 unspecified atom stereocenters. The van der Waals surface area contributed by atoms with Crippen molar-refractivity contribution in [3.05, 3.63) is 71.3 Å². The quantitative estimate of drug-likeness (QED) is 0.658. The number of carbonyl (C=O) groups excluding carboxylic acids is 1. The van der Waals surface area contributed by atoms with Crippen LogP contribution >= 0.6 is 0 Å². The Kier molecular flexibility index (Phi) is 5.96. The van der Waals surface area contributed by atoms with Gasteiger partial charge in [-0.25, -0.2) is 0 Å². The molecule has 23 heavy (non-hydrogen) atoms. The summed E-state index contributed by atoms with van der Waals surface area (Å²) in [4.78, 5) is 12.2. The molecule has 0 spiro atoms. The van der Waals surface area contributed by atoms with E-state index in [2.05, 4.69) is 5.32 Å². The van der Waals surface area contributed by atoms with E-state index >= 15 is 0 Å². The molecule has 2 rings (SSSR count). The third kappa shape index (κ3) is 4.72. The number of benzene rings is 2. The van der Waals surface area contributed by atoms with Gasteiger partial charge in [-0.15, -0.1) is 0 Å². The van der Waals surface area contributed by atoms with Crippen LogP contribution < -0.4 is 10.1 Å². The third-order valence-electron chi connectivity index (χ3n) is 3.18. The molecule has 0 saturated heterocycles. The van der Waals surface area contributed by atoms with E-state index in [1.54, 1.807) is 6.08 Å². The lowest BCUT2D eigenvalue weighted by molar-refractivity contribution is -0.117. The van der Waals surface area contributed by atoms with Crippen LogP contribution in [0.3, 0.4) is 0 Å². The van der Waals surface area contributed by atoms with E-state index in [1.807, 2.05) is 67.6 Å². The minimum atomic E-state index is -0.400. The molecule has 0 aromatic heterocycles. The van der Waals surface area contributed by atoms with Gasteiger partial charge in [0.05, 0.1) is 6.61 Å². The van der Waals surface area contributed by atoms with Gasteiger partial charge >= 0.3 is 0 Å². The van der Waals surface area contributed by atoms with Gasteiger partial charge in [0, 0.05) is 12.1 Å². The number of nitriles is 1. The monoisotopic (exact) mass is 306 g/mol. The molecule has 4 nitrogen and oxygen atoms in total. The van der Waals surface area contributed by atoms with Crippen molar-refractivity contribution in [2.45, 2.75) is 13.5 Å². The Bertz CT molecular complexity index is 731. The number of hydrogen-bond acceptors (Lipinski definition) is 3. The van der Waals surface area contributed by atoms with Gasteiger partial charge in [-0.2, -0.15) is 5.26 Å². The summed E-state index contributed by atoms with van der Waals surface area (Å²) >= 11 is 0. The molecule has 0 aliphatic rings. The first-order valence-corrected chi connectivity index (χ1v) is 7.40. The second-order valence-corrected chi connectivity index (χ2v) is 4.81. The second-order valence-electron chi connectivity index (χ2n) is 4.81. The highest BCUT2D eigenvalue weighted by atomic mass is 16.5. The molecule has 0 saturated carbocycles. The Morgan fingerprint density at radius 3 is 2.57 bits per heavy atom. The van der Waals surface area contributed by atoms with Gasteiger partial charge in [-0.05, 0) is 24.6 Å². The predicted octanol–water partition coefficient (Wildman–Crippen LogP) is 3.31. The first-order valence-electron chi connectivity index (χ1n) is 7.40. The van der Waals surface area contributed by atoms with Crippen LogP contribution in [0, 0.1) is 11.3 Å². The molecular weight excluding hydrogens is 288 g/mol. The maximum atomic E-state index is 12.2. The number of ether oxygens (including phenoxy) is 1. The minimum absolute atomic E-state index is 0.0492. The van der Waals surface area contributed by atoms with Gasteiger partial charge in [0.2, 0.25) is 0 Å². The van der Waals surface area contributed by atoms with Crippen LogP contribution in [0.2, 0.25) is 0 Å². The summed E-state index contributed by atoms with van der Waals surface area (Å²) in [5, 5.41) is 12.0. The lowest BCUT2D eigenvalue weighted by atomic mass is 10.1. The fraction of sp³-hybridized carbons (Fsp3) is 0.158. The topological polar surface area (TPSA) is 62.1 Å². The predicted molar refractivity (Wildman–Crippen MR) is 89.5 cm³/mol. The summed E-state index contributed by atoms with van der Waals surface area (Å²) in [5.41, 5.74) is 1.74. The molecule has 0 aliphatic carbocycles. The number of nitrogens with zero attached hydrogens (tertiary/aromatic N) is 1. The number of nitrogens with one attached hydrogen (secondary N) is 1. The smallest absolute Gasteiger partial charge is 0.262 e. The van der Waals surface area contributed by atoms with Crippen molar-refractivity contribution < 1.29 is 9.53 Å². The minimum Gasteiger partial charge on any atom is -0.493 e. The van der Waals surface area contributed by atoms with Crippen molar-refractivity contribution in [3.63, 3.8) is 0 Å². The van der Waals surface area contributed by atoms with Crippen molar-refractivity contribution in [2.24, 2.45) is 0 Å². The molecule has 0 atom stereocenters. The van der Waals surface area contributed by atoms with Crippen LogP contribution in [0.4, 0.5) is 0 Å². The molecule has 0 heterocycles. The lowest BCUT2D eigenvalue weighted by Crippen LogP contribution is -2.23. The van der Waals surface area contributed by atoms with Crippen LogP contribution in [-0.2, 0) is 11.3 Å². The van der Waals surface area contributed by atoms with Crippen molar-refractivity contribution in [3.8, 4) is 11.8 Å². The Labute approximate surface area is 136 Å². The number of carbonyl (C=O) groups is 1. The molecule has 1 N–H and O–H groups in total. The molecule has 0 aliphatic heterocycles. The van der Waals surface area contributed by atoms with Crippen LogP contribution in [0.5, 0.6) is 5.75 Å². The number of para-hydroxylation sites is 1. The van der Waals surface area contributed by atoms with E-state index in [4.69, 9.17) is 4.74 Å². The largest absolute Gasteiger partial charge is 0.493 e. The van der Waals surface area contributed by atoms with Crippen molar-refractivity contribution >= 4 is 12.0 Å². The third-order valence-corrected chi connectivity index (χ3v) is 3.18. The van der Waals surface area contributed by atoms with Crippen molar-refractivity contribution in [1.82, 2.24) is 5.32 Å². The van der Waals surface area contributed by atoms with E-state index < -0.39 is 5.91 Å². The summed E-state index contributed by atoms with van der Waals surface area (Å²) in [7, 11) is 0. The first kappa shape index (κ1) is 16.3. The molecule has 2 aromatic carbocycles. The van der Waals surface area contributed by atoms with Crippen LogP contribution in [-0.4, -0.2) is 12.5 Å². The van der Waals surface area contributed by atoms with Crippen LogP contribution in [0.15, 0.2) is 60.2 Å². The zero-order valence-corrected chi connectivity index (χ0v) is 13.0. The molecule has 0 fully saturated rings. The molecule has 0 radical (unpaired) electrons. The van der Waals surface area contributed by atoms with E-state index in [9.17, 15) is 10.1 Å². The summed E-state index contributed by atoms with van der Waals surface area (Å²) < 4.78 is 5.51. The summed E-state index contributed by atoms with van der Waals surface area (Å²) in [6, 6.07) is 18.8. The number of hydrogen-bond donors (Lipinski definition) is 1. The summed E-state index contributed by atoms with van der Waals surface area (Å²) in [6.45, 7) is 2.79. The molecular formula is C19H18N2O2. The maximum absolute atomic E-state index is 12.2. The fourth-order valence-corrected chi connectivity index (χ4v) is 2.06. The molecule has 1 amide bonds. The van der Waals surface area contributed by atoms with Crippen LogP contribution in [0.1, 0.15) is 18.1 Å². The zero-order valence-electron chi connectivity index (χ0n) is 13.0. The summed E-state index contributed by atoms with van der Waals surface area (Å²) in [6.07, 6.45) is 1.55. The van der Waals surface area contributed by atoms with E-state index in [0.29, 0.717) is 24.5 Å². The van der Waals surface area contributed by atoms with Gasteiger partial charge in [0.25, 0.3) is 5.91 Å². The van der Waals surface area contributed by atoms with E-state index in [1.165, 1.54) is 0 Å². The first-order chi connectivity index (χ1) is 11.2. The Morgan fingerprint density at radius 1 is 1.17 bits per heavy atom. The van der Waals surface area contributed by atoms with Gasteiger partial charge in [0.15, 0.2) is 0 Å². The average molecular weight is 306 g/mol. The normalized spacial score (nSPS) is 10.7. The zero-order chi connectivity index (χ0) is 16.5. The number of amides is 1. The molecule has 0 bridgehead atoms. The van der Waals surface area contributed by atoms with Gasteiger partial charge in [-0.3, -0.25) is 4.79 Å². The van der Waals surface area contributed by atoms with Crippen LogP contribution in [0.25, 0.3) is 6.08 Å². The van der Waals surface area contributed by atoms with Crippen molar-refractivity contribution in [2.75, 3.05) is 6.61 Å². The molecule has 4 heteroatoms. The standard InChI is InChI=1S/C19H18N2O2/c1-2-23-18-11-7-6-10-16(18)12-17(13-20)19(22)21-14-15-8-4-3-5-9-15/h3-12H,2,14H2,1H3,(H,21,22)/b17-12+. The van der Waals surface area contributed by atoms with E-state index in [-0.39, 0.29) is 5.57 Å². The van der Waals surface area contributed by atoms with Gasteiger partial charge < -0.3 is 10.1 Å².